The molecule has 1 heterocycles. The first-order chi connectivity index (χ1) is 14.9. The van der Waals surface area contributed by atoms with E-state index in [9.17, 15) is 14.4 Å². The number of rotatable bonds is 5. The maximum Gasteiger partial charge on any atom is 0.349 e. The highest BCUT2D eigenvalue weighted by Crippen LogP contribution is 2.56. The SMILES string of the molecule is Cc1ccc(OCC(=O)Oc2ccc(N3C(=O)[C@@H]4[C@H]5CC[C@@H](C5)[C@@H]4C3=O)cc2)cc1C. The number of carbonyl (C=O) groups excluding carboxylic acids is 3. The average molecular weight is 419 g/mol. The minimum Gasteiger partial charge on any atom is -0.482 e. The lowest BCUT2D eigenvalue weighted by Crippen LogP contribution is -2.32. The molecule has 1 saturated heterocycles. The lowest BCUT2D eigenvalue weighted by atomic mass is 9.81. The van der Waals surface area contributed by atoms with Gasteiger partial charge in [0, 0.05) is 0 Å². The molecule has 2 amide bonds. The van der Waals surface area contributed by atoms with Crippen molar-refractivity contribution in [3.05, 3.63) is 53.6 Å². The normalized spacial score (nSPS) is 26.3. The van der Waals surface area contributed by atoms with Crippen molar-refractivity contribution in [3.63, 3.8) is 0 Å². The van der Waals surface area contributed by atoms with E-state index in [2.05, 4.69) is 0 Å². The minimum atomic E-state index is -0.523. The van der Waals surface area contributed by atoms with Gasteiger partial charge in [-0.1, -0.05) is 6.07 Å². The van der Waals surface area contributed by atoms with E-state index >= 15 is 0 Å². The highest BCUT2D eigenvalue weighted by atomic mass is 16.6. The second-order valence-corrected chi connectivity index (χ2v) is 8.90. The molecule has 0 aromatic heterocycles. The van der Waals surface area contributed by atoms with Crippen LogP contribution in [0.4, 0.5) is 5.69 Å². The maximum absolute atomic E-state index is 12.9. The number of hydrogen-bond acceptors (Lipinski definition) is 5. The fourth-order valence-corrected chi connectivity index (χ4v) is 5.43. The zero-order valence-corrected chi connectivity index (χ0v) is 17.7. The maximum atomic E-state index is 12.9. The number of aryl methyl sites for hydroxylation is 2. The molecule has 0 spiro atoms. The Hall–Kier alpha value is -3.15. The predicted octanol–water partition coefficient (Wildman–Crippen LogP) is 3.82. The van der Waals surface area contributed by atoms with Gasteiger partial charge in [-0.2, -0.15) is 0 Å². The smallest absolute Gasteiger partial charge is 0.349 e. The summed E-state index contributed by atoms with van der Waals surface area (Å²) < 4.78 is 10.8. The van der Waals surface area contributed by atoms with E-state index in [1.54, 1.807) is 24.3 Å². The zero-order valence-electron chi connectivity index (χ0n) is 17.7. The second kappa shape index (κ2) is 7.52. The van der Waals surface area contributed by atoms with Crippen LogP contribution in [0.15, 0.2) is 42.5 Å². The van der Waals surface area contributed by atoms with Crippen molar-refractivity contribution in [3.8, 4) is 11.5 Å². The summed E-state index contributed by atoms with van der Waals surface area (Å²) in [4.78, 5) is 39.3. The number of benzene rings is 2. The third-order valence-electron chi connectivity index (χ3n) is 7.09. The molecule has 2 aliphatic carbocycles. The van der Waals surface area contributed by atoms with Gasteiger partial charge in [0.05, 0.1) is 17.5 Å². The molecule has 6 heteroatoms. The molecule has 31 heavy (non-hydrogen) atoms. The Balaban J connectivity index is 1.21. The summed E-state index contributed by atoms with van der Waals surface area (Å²) in [5.41, 5.74) is 2.78. The van der Waals surface area contributed by atoms with E-state index in [0.29, 0.717) is 29.0 Å². The molecule has 0 radical (unpaired) electrons. The van der Waals surface area contributed by atoms with Crippen LogP contribution in [0.25, 0.3) is 0 Å². The van der Waals surface area contributed by atoms with Gasteiger partial charge in [0.1, 0.15) is 11.5 Å². The first kappa shape index (κ1) is 19.8. The summed E-state index contributed by atoms with van der Waals surface area (Å²) in [5.74, 6) is 0.700. The summed E-state index contributed by atoms with van der Waals surface area (Å²) in [6.07, 6.45) is 3.12. The third kappa shape index (κ3) is 3.40. The molecule has 3 fully saturated rings. The number of anilines is 1. The molecule has 1 aliphatic heterocycles. The van der Waals surface area contributed by atoms with E-state index in [4.69, 9.17) is 9.47 Å². The molecule has 2 bridgehead atoms. The lowest BCUT2D eigenvalue weighted by Gasteiger charge is -2.19. The van der Waals surface area contributed by atoms with Gasteiger partial charge in [-0.15, -0.1) is 0 Å². The summed E-state index contributed by atoms with van der Waals surface area (Å²) in [6.45, 7) is 3.78. The molecule has 6 nitrogen and oxygen atoms in total. The van der Waals surface area contributed by atoms with E-state index < -0.39 is 5.97 Å². The molecule has 3 aliphatic rings. The van der Waals surface area contributed by atoms with Crippen LogP contribution in [0.2, 0.25) is 0 Å². The Kier molecular flexibility index (Phi) is 4.80. The monoisotopic (exact) mass is 419 g/mol. The van der Waals surface area contributed by atoms with Gasteiger partial charge in [0.15, 0.2) is 6.61 Å². The summed E-state index contributed by atoms with van der Waals surface area (Å²) in [5, 5.41) is 0. The molecule has 0 N–H and O–H groups in total. The Morgan fingerprint density at radius 3 is 2.13 bits per heavy atom. The van der Waals surface area contributed by atoms with Gasteiger partial charge in [-0.25, -0.2) is 4.79 Å². The highest BCUT2D eigenvalue weighted by Gasteiger charge is 2.61. The summed E-state index contributed by atoms with van der Waals surface area (Å²) in [6, 6.07) is 12.2. The summed E-state index contributed by atoms with van der Waals surface area (Å²) >= 11 is 0. The number of hydrogen-bond donors (Lipinski definition) is 0. The van der Waals surface area contributed by atoms with Crippen molar-refractivity contribution in [1.29, 1.82) is 0 Å². The number of fused-ring (bicyclic) bond motifs is 5. The van der Waals surface area contributed by atoms with Crippen molar-refractivity contribution in [2.24, 2.45) is 23.7 Å². The Morgan fingerprint density at radius 1 is 0.903 bits per heavy atom. The van der Waals surface area contributed by atoms with Gasteiger partial charge in [0.2, 0.25) is 11.8 Å². The van der Waals surface area contributed by atoms with E-state index in [1.807, 2.05) is 32.0 Å². The quantitative estimate of drug-likeness (QED) is 0.418. The van der Waals surface area contributed by atoms with E-state index in [0.717, 1.165) is 30.4 Å². The average Bonchev–Trinajstić information content (AvgIpc) is 3.44. The van der Waals surface area contributed by atoms with Crippen LogP contribution in [0.5, 0.6) is 11.5 Å². The molecule has 0 unspecified atom stereocenters. The van der Waals surface area contributed by atoms with Gasteiger partial charge in [-0.3, -0.25) is 14.5 Å². The standard InChI is InChI=1S/C25H25NO5/c1-14-3-8-20(11-15(14)2)30-13-21(27)31-19-9-6-18(7-10-19)26-24(28)22-16-4-5-17(12-16)23(22)25(26)29/h3,6-11,16-17,22-23H,4-5,12-13H2,1-2H3/t16-,17-,22-,23+/m0/s1. The number of nitrogens with zero attached hydrogens (tertiary/aromatic N) is 1. The van der Waals surface area contributed by atoms with Crippen molar-refractivity contribution >= 4 is 23.5 Å². The molecular weight excluding hydrogens is 394 g/mol. The van der Waals surface area contributed by atoms with Crippen molar-refractivity contribution < 1.29 is 23.9 Å². The Labute approximate surface area is 181 Å². The number of ether oxygens (including phenoxy) is 2. The van der Waals surface area contributed by atoms with Gasteiger partial charge >= 0.3 is 5.97 Å². The molecule has 160 valence electrons. The number of esters is 1. The van der Waals surface area contributed by atoms with Crippen LogP contribution in [0, 0.1) is 37.5 Å². The van der Waals surface area contributed by atoms with Crippen molar-refractivity contribution in [2.45, 2.75) is 33.1 Å². The van der Waals surface area contributed by atoms with Gasteiger partial charge < -0.3 is 9.47 Å². The van der Waals surface area contributed by atoms with Crippen molar-refractivity contribution in [2.75, 3.05) is 11.5 Å². The van der Waals surface area contributed by atoms with Crippen LogP contribution >= 0.6 is 0 Å². The van der Waals surface area contributed by atoms with Crippen LogP contribution in [0.3, 0.4) is 0 Å². The van der Waals surface area contributed by atoms with Crippen molar-refractivity contribution in [1.82, 2.24) is 0 Å². The highest BCUT2D eigenvalue weighted by molar-refractivity contribution is 6.22. The largest absolute Gasteiger partial charge is 0.482 e. The fourth-order valence-electron chi connectivity index (χ4n) is 5.43. The van der Waals surface area contributed by atoms with Gasteiger partial charge in [0.25, 0.3) is 0 Å². The number of carbonyl (C=O) groups is 3. The van der Waals surface area contributed by atoms with Crippen LogP contribution in [0.1, 0.15) is 30.4 Å². The molecule has 2 aromatic rings. The molecule has 5 rings (SSSR count). The van der Waals surface area contributed by atoms with Gasteiger partial charge in [-0.05, 0) is 92.5 Å². The Morgan fingerprint density at radius 2 is 1.52 bits per heavy atom. The van der Waals surface area contributed by atoms with E-state index in [1.165, 1.54) is 4.90 Å². The lowest BCUT2D eigenvalue weighted by molar-refractivity contribution is -0.136. The number of imide groups is 1. The molecule has 4 atom stereocenters. The van der Waals surface area contributed by atoms with Crippen LogP contribution < -0.4 is 14.4 Å². The first-order valence-electron chi connectivity index (χ1n) is 10.8. The molecular formula is C25H25NO5. The van der Waals surface area contributed by atoms with Crippen LogP contribution in [-0.4, -0.2) is 24.4 Å². The molecule has 2 saturated carbocycles. The predicted molar refractivity (Wildman–Crippen MR) is 114 cm³/mol. The Bertz CT molecular complexity index is 1030. The topological polar surface area (TPSA) is 72.9 Å². The van der Waals surface area contributed by atoms with Crippen LogP contribution in [-0.2, 0) is 14.4 Å². The molecule has 2 aromatic carbocycles. The zero-order chi connectivity index (χ0) is 21.7. The third-order valence-corrected chi connectivity index (χ3v) is 7.09. The summed E-state index contributed by atoms with van der Waals surface area (Å²) in [7, 11) is 0. The van der Waals surface area contributed by atoms with E-state index in [-0.39, 0.29) is 30.3 Å². The minimum absolute atomic E-state index is 0.0752. The number of amides is 2. The second-order valence-electron chi connectivity index (χ2n) is 8.90. The fraction of sp³-hybridized carbons (Fsp3) is 0.400. The first-order valence-corrected chi connectivity index (χ1v) is 10.8.